The lowest BCUT2D eigenvalue weighted by Crippen LogP contribution is -2.32. The van der Waals surface area contributed by atoms with Crippen LogP contribution in [0, 0.1) is 0 Å². The number of nitrogens with one attached hydrogen (secondary N) is 2. The van der Waals surface area contributed by atoms with E-state index in [2.05, 4.69) is 55.7 Å². The Morgan fingerprint density at radius 2 is 1.86 bits per heavy atom. The minimum absolute atomic E-state index is 0.120. The van der Waals surface area contributed by atoms with Crippen molar-refractivity contribution in [2.24, 2.45) is 0 Å². The molecule has 0 saturated carbocycles. The summed E-state index contributed by atoms with van der Waals surface area (Å²) in [6.07, 6.45) is 5.09. The van der Waals surface area contributed by atoms with E-state index in [0.29, 0.717) is 16.6 Å². The molecule has 3 rings (SSSR count). The molecule has 1 aromatic carbocycles. The molecule has 0 spiro atoms. The van der Waals surface area contributed by atoms with Crippen LogP contribution in [0.15, 0.2) is 24.3 Å². The molecule has 0 saturated heterocycles. The molecule has 1 aliphatic rings. The topological polar surface area (TPSA) is 50.4 Å². The highest BCUT2D eigenvalue weighted by atomic mass is 32.1. The van der Waals surface area contributed by atoms with Gasteiger partial charge in [0.2, 0.25) is 0 Å². The van der Waals surface area contributed by atoms with Gasteiger partial charge in [-0.05, 0) is 66.9 Å². The summed E-state index contributed by atoms with van der Waals surface area (Å²) in [5.74, 6) is 0.278. The van der Waals surface area contributed by atoms with Gasteiger partial charge in [0, 0.05) is 4.88 Å². The molecular formula is C23H30N2O2S2. The van der Waals surface area contributed by atoms with E-state index in [9.17, 15) is 4.79 Å². The number of hydrogen-bond donors (Lipinski definition) is 2. The van der Waals surface area contributed by atoms with Crippen LogP contribution in [0.2, 0.25) is 0 Å². The number of hydrogen-bond acceptors (Lipinski definition) is 4. The van der Waals surface area contributed by atoms with Crippen molar-refractivity contribution in [1.29, 1.82) is 0 Å². The van der Waals surface area contributed by atoms with Gasteiger partial charge in [0.25, 0.3) is 0 Å². The first kappa shape index (κ1) is 21.8. The second kappa shape index (κ2) is 9.72. The van der Waals surface area contributed by atoms with E-state index in [1.165, 1.54) is 23.1 Å². The third-order valence-electron chi connectivity index (χ3n) is 5.77. The minimum Gasteiger partial charge on any atom is -0.465 e. The highest BCUT2D eigenvalue weighted by molar-refractivity contribution is 7.80. The molecule has 0 aliphatic heterocycles. The quantitative estimate of drug-likeness (QED) is 0.418. The smallest absolute Gasteiger partial charge is 0.341 e. The number of ether oxygens (including phenoxy) is 1. The highest BCUT2D eigenvalue weighted by Gasteiger charge is 2.27. The Balaban J connectivity index is 1.72. The fourth-order valence-corrected chi connectivity index (χ4v) is 5.41. The summed E-state index contributed by atoms with van der Waals surface area (Å²) in [4.78, 5) is 13.6. The summed E-state index contributed by atoms with van der Waals surface area (Å²) in [5, 5.41) is 8.01. The van der Waals surface area contributed by atoms with E-state index < -0.39 is 0 Å². The molecule has 2 atom stereocenters. The summed E-state index contributed by atoms with van der Waals surface area (Å²) in [7, 11) is 1.43. The maximum atomic E-state index is 12.3. The number of rotatable bonds is 7. The van der Waals surface area contributed by atoms with Gasteiger partial charge >= 0.3 is 5.97 Å². The van der Waals surface area contributed by atoms with Crippen LogP contribution in [-0.4, -0.2) is 18.2 Å². The average Bonchev–Trinajstić information content (AvgIpc) is 3.31. The van der Waals surface area contributed by atoms with Crippen molar-refractivity contribution >= 4 is 39.6 Å². The zero-order chi connectivity index (χ0) is 21.0. The molecule has 2 aromatic rings. The Bertz CT molecular complexity index is 874. The van der Waals surface area contributed by atoms with Gasteiger partial charge in [-0.25, -0.2) is 4.79 Å². The van der Waals surface area contributed by atoms with Crippen molar-refractivity contribution in [2.45, 2.75) is 64.8 Å². The molecule has 2 unspecified atom stereocenters. The van der Waals surface area contributed by atoms with E-state index in [1.54, 1.807) is 11.3 Å². The predicted molar refractivity (Wildman–Crippen MR) is 125 cm³/mol. The molecule has 0 bridgehead atoms. The van der Waals surface area contributed by atoms with Crippen molar-refractivity contribution in [3.63, 3.8) is 0 Å². The van der Waals surface area contributed by atoms with Crippen LogP contribution in [0.3, 0.4) is 0 Å². The summed E-state index contributed by atoms with van der Waals surface area (Å²) in [6.45, 7) is 6.60. The van der Waals surface area contributed by atoms with Gasteiger partial charge in [-0.2, -0.15) is 0 Å². The Hall–Kier alpha value is -1.92. The standard InChI is InChI=1S/C23H30N2O2S2/c1-5-14(3)15-10-12-16(13-11-15)18(6-2)24-23(28)25-21-20(22(26)27-4)17-8-7-9-19(17)29-21/h10-14,18H,5-9H2,1-4H3,(H2,24,25,28). The van der Waals surface area contributed by atoms with Crippen LogP contribution in [-0.2, 0) is 17.6 Å². The summed E-state index contributed by atoms with van der Waals surface area (Å²) >= 11 is 7.21. The van der Waals surface area contributed by atoms with E-state index in [-0.39, 0.29) is 12.0 Å². The van der Waals surface area contributed by atoms with Gasteiger partial charge in [-0.3, -0.25) is 0 Å². The fourth-order valence-electron chi connectivity index (χ4n) is 3.82. The maximum Gasteiger partial charge on any atom is 0.341 e. The van der Waals surface area contributed by atoms with Crippen molar-refractivity contribution in [2.75, 3.05) is 12.4 Å². The average molecular weight is 431 g/mol. The number of esters is 1. The fraction of sp³-hybridized carbons (Fsp3) is 0.478. The monoisotopic (exact) mass is 430 g/mol. The second-order valence-corrected chi connectivity index (χ2v) is 9.10. The zero-order valence-electron chi connectivity index (χ0n) is 17.6. The number of carbonyl (C=O) groups excluding carboxylic acids is 1. The molecular weight excluding hydrogens is 400 g/mol. The molecule has 6 heteroatoms. The van der Waals surface area contributed by atoms with Gasteiger partial charge in [0.15, 0.2) is 5.11 Å². The number of fused-ring (bicyclic) bond motifs is 1. The number of methoxy groups -OCH3 is 1. The van der Waals surface area contributed by atoms with Gasteiger partial charge in [0.1, 0.15) is 5.00 Å². The van der Waals surface area contributed by atoms with Gasteiger partial charge in [-0.1, -0.05) is 45.0 Å². The molecule has 1 aromatic heterocycles. The Morgan fingerprint density at radius 3 is 2.48 bits per heavy atom. The molecule has 2 N–H and O–H groups in total. The summed E-state index contributed by atoms with van der Waals surface area (Å²) in [6, 6.07) is 8.91. The molecule has 4 nitrogen and oxygen atoms in total. The van der Waals surface area contributed by atoms with Gasteiger partial charge in [-0.15, -0.1) is 11.3 Å². The van der Waals surface area contributed by atoms with Crippen molar-refractivity contribution in [3.8, 4) is 0 Å². The zero-order valence-corrected chi connectivity index (χ0v) is 19.3. The van der Waals surface area contributed by atoms with E-state index in [1.807, 2.05) is 0 Å². The summed E-state index contributed by atoms with van der Waals surface area (Å²) in [5.41, 5.74) is 4.35. The Kier molecular flexibility index (Phi) is 7.30. The van der Waals surface area contributed by atoms with E-state index in [4.69, 9.17) is 17.0 Å². The lowest BCUT2D eigenvalue weighted by molar-refractivity contribution is 0.0601. The number of aryl methyl sites for hydroxylation is 1. The van der Waals surface area contributed by atoms with Gasteiger partial charge < -0.3 is 15.4 Å². The minimum atomic E-state index is -0.289. The molecule has 156 valence electrons. The van der Waals surface area contributed by atoms with Crippen molar-refractivity contribution in [1.82, 2.24) is 5.32 Å². The number of thiophene rings is 1. The van der Waals surface area contributed by atoms with Crippen LogP contribution in [0.5, 0.6) is 0 Å². The highest BCUT2D eigenvalue weighted by Crippen LogP contribution is 2.39. The third kappa shape index (κ3) is 4.81. The number of carbonyl (C=O) groups is 1. The number of benzene rings is 1. The number of anilines is 1. The first-order valence-electron chi connectivity index (χ1n) is 10.4. The largest absolute Gasteiger partial charge is 0.465 e. The lowest BCUT2D eigenvalue weighted by Gasteiger charge is -2.21. The molecule has 1 heterocycles. The Morgan fingerprint density at radius 1 is 1.17 bits per heavy atom. The molecule has 29 heavy (non-hydrogen) atoms. The SMILES string of the molecule is CCC(C)c1ccc(C(CC)NC(=S)Nc2sc3c(c2C(=O)OC)CCC3)cc1. The summed E-state index contributed by atoms with van der Waals surface area (Å²) < 4.78 is 5.02. The lowest BCUT2D eigenvalue weighted by atomic mass is 9.95. The maximum absolute atomic E-state index is 12.3. The first-order valence-corrected chi connectivity index (χ1v) is 11.6. The molecule has 0 fully saturated rings. The molecule has 0 radical (unpaired) electrons. The normalized spacial score (nSPS) is 14.8. The van der Waals surface area contributed by atoms with Crippen LogP contribution >= 0.6 is 23.6 Å². The van der Waals surface area contributed by atoms with Crippen LogP contribution in [0.4, 0.5) is 5.00 Å². The van der Waals surface area contributed by atoms with Crippen LogP contribution < -0.4 is 10.6 Å². The van der Waals surface area contributed by atoms with E-state index >= 15 is 0 Å². The molecule has 1 aliphatic carbocycles. The Labute approximate surface area is 183 Å². The second-order valence-electron chi connectivity index (χ2n) is 7.59. The van der Waals surface area contributed by atoms with Crippen LogP contribution in [0.25, 0.3) is 0 Å². The van der Waals surface area contributed by atoms with E-state index in [0.717, 1.165) is 42.7 Å². The first-order chi connectivity index (χ1) is 14.0. The predicted octanol–water partition coefficient (Wildman–Crippen LogP) is 5.97. The number of thiocarbonyl (C=S) groups is 1. The third-order valence-corrected chi connectivity index (χ3v) is 7.20. The van der Waals surface area contributed by atoms with Crippen molar-refractivity contribution < 1.29 is 9.53 Å². The molecule has 0 amide bonds. The van der Waals surface area contributed by atoms with Crippen molar-refractivity contribution in [3.05, 3.63) is 51.4 Å². The van der Waals surface area contributed by atoms with Gasteiger partial charge in [0.05, 0.1) is 18.7 Å². The van der Waals surface area contributed by atoms with Crippen LogP contribution in [0.1, 0.15) is 83.9 Å².